The molecule has 0 saturated carbocycles. The van der Waals surface area contributed by atoms with Crippen LogP contribution in [0.3, 0.4) is 0 Å². The van der Waals surface area contributed by atoms with Crippen LogP contribution in [0.5, 0.6) is 5.75 Å². The summed E-state index contributed by atoms with van der Waals surface area (Å²) in [6.45, 7) is 0. The summed E-state index contributed by atoms with van der Waals surface area (Å²) in [5, 5.41) is 3.92. The van der Waals surface area contributed by atoms with Crippen molar-refractivity contribution < 1.29 is 9.53 Å². The van der Waals surface area contributed by atoms with Crippen LogP contribution in [0.1, 0.15) is 15.9 Å². The molecule has 0 atom stereocenters. The minimum Gasteiger partial charge on any atom is -0.496 e. The quantitative estimate of drug-likeness (QED) is 0.503. The second-order valence-electron chi connectivity index (χ2n) is 3.83. The molecule has 20 heavy (non-hydrogen) atoms. The first-order chi connectivity index (χ1) is 9.70. The minimum atomic E-state index is -0.294. The summed E-state index contributed by atoms with van der Waals surface area (Å²) in [4.78, 5) is 15.6. The molecule has 102 valence electrons. The lowest BCUT2D eigenvalue weighted by Gasteiger charge is -2.03. The normalized spacial score (nSPS) is 10.5. The van der Waals surface area contributed by atoms with Gasteiger partial charge in [0, 0.05) is 12.4 Å². The van der Waals surface area contributed by atoms with E-state index in [0.29, 0.717) is 5.56 Å². The van der Waals surface area contributed by atoms with E-state index >= 15 is 0 Å². The fourth-order valence-corrected chi connectivity index (χ4v) is 2.25. The largest absolute Gasteiger partial charge is 0.496 e. The molecule has 0 saturated heterocycles. The number of hydrazone groups is 1. The predicted molar refractivity (Wildman–Crippen MR) is 85.0 cm³/mol. The molecule has 6 heteroatoms. The van der Waals surface area contributed by atoms with Gasteiger partial charge in [0.1, 0.15) is 5.75 Å². The molecule has 1 heterocycles. The van der Waals surface area contributed by atoms with E-state index in [0.717, 1.165) is 14.9 Å². The van der Waals surface area contributed by atoms with Crippen LogP contribution >= 0.6 is 22.6 Å². The van der Waals surface area contributed by atoms with Gasteiger partial charge in [-0.3, -0.25) is 9.78 Å². The summed E-state index contributed by atoms with van der Waals surface area (Å²) in [6, 6.07) is 9.00. The van der Waals surface area contributed by atoms with Crippen LogP contribution in [-0.2, 0) is 0 Å². The SMILES string of the molecule is COc1ccc(/C=N\NC(=O)c2cccnc2)cc1I. The number of amides is 1. The molecule has 0 bridgehead atoms. The maximum atomic E-state index is 11.7. The summed E-state index contributed by atoms with van der Waals surface area (Å²) in [7, 11) is 1.62. The van der Waals surface area contributed by atoms with Crippen LogP contribution in [-0.4, -0.2) is 24.2 Å². The highest BCUT2D eigenvalue weighted by Gasteiger charge is 2.03. The molecule has 5 nitrogen and oxygen atoms in total. The molecule has 1 aromatic heterocycles. The van der Waals surface area contributed by atoms with Gasteiger partial charge in [-0.1, -0.05) is 0 Å². The molecule has 0 spiro atoms. The lowest BCUT2D eigenvalue weighted by molar-refractivity contribution is 0.0955. The van der Waals surface area contributed by atoms with Crippen molar-refractivity contribution in [2.45, 2.75) is 0 Å². The fourth-order valence-electron chi connectivity index (χ4n) is 1.49. The van der Waals surface area contributed by atoms with Gasteiger partial charge in [-0.05, 0) is 58.5 Å². The number of ether oxygens (including phenoxy) is 1. The average molecular weight is 381 g/mol. The number of benzene rings is 1. The van der Waals surface area contributed by atoms with Gasteiger partial charge in [0.15, 0.2) is 0 Å². The van der Waals surface area contributed by atoms with E-state index in [9.17, 15) is 4.79 Å². The number of aromatic nitrogens is 1. The molecule has 0 unspecified atom stereocenters. The minimum absolute atomic E-state index is 0.294. The third-order valence-electron chi connectivity index (χ3n) is 2.48. The summed E-state index contributed by atoms with van der Waals surface area (Å²) in [5.74, 6) is 0.514. The Balaban J connectivity index is 2.00. The highest BCUT2D eigenvalue weighted by molar-refractivity contribution is 14.1. The third-order valence-corrected chi connectivity index (χ3v) is 3.32. The van der Waals surface area contributed by atoms with E-state index in [-0.39, 0.29) is 5.91 Å². The fraction of sp³-hybridized carbons (Fsp3) is 0.0714. The van der Waals surface area contributed by atoms with E-state index in [2.05, 4.69) is 38.1 Å². The first kappa shape index (κ1) is 14.4. The Morgan fingerprint density at radius 3 is 2.95 bits per heavy atom. The second kappa shape index (κ2) is 6.99. The maximum Gasteiger partial charge on any atom is 0.272 e. The van der Waals surface area contributed by atoms with E-state index < -0.39 is 0 Å². The van der Waals surface area contributed by atoms with E-state index in [1.807, 2.05) is 18.2 Å². The molecule has 0 aliphatic heterocycles. The van der Waals surface area contributed by atoms with Crippen LogP contribution < -0.4 is 10.2 Å². The number of methoxy groups -OCH3 is 1. The Bertz CT molecular complexity index is 630. The molecule has 1 N–H and O–H groups in total. The van der Waals surface area contributed by atoms with Crippen molar-refractivity contribution in [3.63, 3.8) is 0 Å². The number of pyridine rings is 1. The van der Waals surface area contributed by atoms with Crippen molar-refractivity contribution in [1.82, 2.24) is 10.4 Å². The zero-order valence-corrected chi connectivity index (χ0v) is 12.9. The molecule has 1 amide bonds. The molecular weight excluding hydrogens is 369 g/mol. The Hall–Kier alpha value is -1.96. The molecule has 1 aromatic carbocycles. The zero-order chi connectivity index (χ0) is 14.4. The van der Waals surface area contributed by atoms with Crippen LogP contribution in [0.15, 0.2) is 47.8 Å². The van der Waals surface area contributed by atoms with E-state index in [1.54, 1.807) is 31.7 Å². The van der Waals surface area contributed by atoms with Gasteiger partial charge in [0.25, 0.3) is 5.91 Å². The van der Waals surface area contributed by atoms with Crippen molar-refractivity contribution in [1.29, 1.82) is 0 Å². The van der Waals surface area contributed by atoms with Crippen molar-refractivity contribution in [2.24, 2.45) is 5.10 Å². The van der Waals surface area contributed by atoms with Gasteiger partial charge in [0.2, 0.25) is 0 Å². The van der Waals surface area contributed by atoms with Crippen LogP contribution in [0.2, 0.25) is 0 Å². The number of carbonyl (C=O) groups is 1. The molecule has 0 fully saturated rings. The first-order valence-electron chi connectivity index (χ1n) is 5.77. The topological polar surface area (TPSA) is 63.6 Å². The summed E-state index contributed by atoms with van der Waals surface area (Å²) in [5.41, 5.74) is 3.80. The van der Waals surface area contributed by atoms with Crippen LogP contribution in [0.4, 0.5) is 0 Å². The van der Waals surface area contributed by atoms with Gasteiger partial charge in [-0.2, -0.15) is 5.10 Å². The Kier molecular flexibility index (Phi) is 5.05. The summed E-state index contributed by atoms with van der Waals surface area (Å²) in [6.07, 6.45) is 4.68. The van der Waals surface area contributed by atoms with Gasteiger partial charge in [-0.15, -0.1) is 0 Å². The smallest absolute Gasteiger partial charge is 0.272 e. The van der Waals surface area contributed by atoms with Crippen LogP contribution in [0, 0.1) is 3.57 Å². The molecule has 0 aliphatic rings. The second-order valence-corrected chi connectivity index (χ2v) is 5.00. The molecule has 0 aliphatic carbocycles. The number of halogens is 1. The lowest BCUT2D eigenvalue weighted by Crippen LogP contribution is -2.17. The zero-order valence-electron chi connectivity index (χ0n) is 10.7. The Labute approximate surface area is 130 Å². The van der Waals surface area contributed by atoms with Crippen molar-refractivity contribution in [3.05, 3.63) is 57.4 Å². The number of hydrogen-bond donors (Lipinski definition) is 1. The highest BCUT2D eigenvalue weighted by Crippen LogP contribution is 2.20. The number of carbonyl (C=O) groups excluding carboxylic acids is 1. The molecular formula is C14H12IN3O2. The van der Waals surface area contributed by atoms with Crippen molar-refractivity contribution in [3.8, 4) is 5.75 Å². The third kappa shape index (κ3) is 3.77. The monoisotopic (exact) mass is 381 g/mol. The number of nitrogens with one attached hydrogen (secondary N) is 1. The molecule has 0 radical (unpaired) electrons. The Morgan fingerprint density at radius 2 is 2.30 bits per heavy atom. The Morgan fingerprint density at radius 1 is 1.45 bits per heavy atom. The van der Waals surface area contributed by atoms with Gasteiger partial charge in [-0.25, -0.2) is 5.43 Å². The van der Waals surface area contributed by atoms with Gasteiger partial charge in [0.05, 0.1) is 22.5 Å². The van der Waals surface area contributed by atoms with Gasteiger partial charge >= 0.3 is 0 Å². The van der Waals surface area contributed by atoms with Crippen molar-refractivity contribution >= 4 is 34.7 Å². The highest BCUT2D eigenvalue weighted by atomic mass is 127. The van der Waals surface area contributed by atoms with Crippen LogP contribution in [0.25, 0.3) is 0 Å². The maximum absolute atomic E-state index is 11.7. The van der Waals surface area contributed by atoms with Gasteiger partial charge < -0.3 is 4.74 Å². The average Bonchev–Trinajstić information content (AvgIpc) is 2.48. The lowest BCUT2D eigenvalue weighted by atomic mass is 10.2. The predicted octanol–water partition coefficient (Wildman–Crippen LogP) is 2.46. The number of hydrogen-bond acceptors (Lipinski definition) is 4. The molecule has 2 aromatic rings. The van der Waals surface area contributed by atoms with E-state index in [4.69, 9.17) is 4.74 Å². The molecule has 2 rings (SSSR count). The van der Waals surface area contributed by atoms with E-state index in [1.165, 1.54) is 6.20 Å². The van der Waals surface area contributed by atoms with Crippen molar-refractivity contribution in [2.75, 3.05) is 7.11 Å². The number of rotatable bonds is 4. The summed E-state index contributed by atoms with van der Waals surface area (Å²) < 4.78 is 6.15. The summed E-state index contributed by atoms with van der Waals surface area (Å²) >= 11 is 2.18. The number of nitrogens with zero attached hydrogens (tertiary/aromatic N) is 2. The standard InChI is InChI=1S/C14H12IN3O2/c1-20-13-5-4-10(7-12(13)15)8-17-18-14(19)11-3-2-6-16-9-11/h2-9H,1H3,(H,18,19)/b17-8-. The first-order valence-corrected chi connectivity index (χ1v) is 6.85.